The normalized spacial score (nSPS) is 11.3. The van der Waals surface area contributed by atoms with Crippen LogP contribution in [-0.4, -0.2) is 27.1 Å². The molecular formula is C14H15NO3S. The summed E-state index contributed by atoms with van der Waals surface area (Å²) in [5.41, 5.74) is 2.99. The van der Waals surface area contributed by atoms with Crippen LogP contribution < -0.4 is 4.90 Å². The molecule has 0 radical (unpaired) electrons. The lowest BCUT2D eigenvalue weighted by molar-refractivity contribution is 0.483. The Labute approximate surface area is 113 Å². The van der Waals surface area contributed by atoms with Gasteiger partial charge in [-0.3, -0.25) is 4.55 Å². The molecule has 0 aliphatic rings. The van der Waals surface area contributed by atoms with Crippen molar-refractivity contribution in [2.75, 3.05) is 19.0 Å². The van der Waals surface area contributed by atoms with Crippen LogP contribution in [0.4, 0.5) is 5.69 Å². The summed E-state index contributed by atoms with van der Waals surface area (Å²) in [6.45, 7) is 0. The Morgan fingerprint density at radius 1 is 0.842 bits per heavy atom. The van der Waals surface area contributed by atoms with Gasteiger partial charge in [0.1, 0.15) is 0 Å². The molecule has 5 heteroatoms. The molecule has 1 N–H and O–H groups in total. The molecule has 0 aliphatic carbocycles. The largest absolute Gasteiger partial charge is 0.378 e. The van der Waals surface area contributed by atoms with Crippen LogP contribution in [-0.2, 0) is 10.1 Å². The van der Waals surface area contributed by atoms with Gasteiger partial charge in [-0.15, -0.1) is 0 Å². The Kier molecular flexibility index (Phi) is 3.59. The number of anilines is 1. The summed E-state index contributed by atoms with van der Waals surface area (Å²) in [6, 6.07) is 14.1. The predicted octanol–water partition coefficient (Wildman–Crippen LogP) is 2.67. The second kappa shape index (κ2) is 5.03. The molecule has 0 heterocycles. The maximum atomic E-state index is 11.0. The van der Waals surface area contributed by atoms with Crippen LogP contribution in [0, 0.1) is 0 Å². The monoisotopic (exact) mass is 277 g/mol. The van der Waals surface area contributed by atoms with Crippen molar-refractivity contribution in [3.05, 3.63) is 48.5 Å². The summed E-state index contributed by atoms with van der Waals surface area (Å²) in [5, 5.41) is 0. The third-order valence-electron chi connectivity index (χ3n) is 2.87. The third kappa shape index (κ3) is 3.13. The van der Waals surface area contributed by atoms with E-state index >= 15 is 0 Å². The summed E-state index contributed by atoms with van der Waals surface area (Å²) in [5.74, 6) is 0. The fourth-order valence-electron chi connectivity index (χ4n) is 1.77. The summed E-state index contributed by atoms with van der Waals surface area (Å²) in [4.78, 5) is 1.91. The van der Waals surface area contributed by atoms with Crippen LogP contribution in [0.2, 0.25) is 0 Å². The first-order valence-corrected chi connectivity index (χ1v) is 7.17. The lowest BCUT2D eigenvalue weighted by Gasteiger charge is -2.12. The fraction of sp³-hybridized carbons (Fsp3) is 0.143. The SMILES string of the molecule is CN(C)c1ccc(-c2ccc(S(=O)(=O)O)cc2)cc1. The van der Waals surface area contributed by atoms with E-state index in [0.717, 1.165) is 16.8 Å². The minimum absolute atomic E-state index is 0.0961. The number of hydrogen-bond acceptors (Lipinski definition) is 3. The highest BCUT2D eigenvalue weighted by atomic mass is 32.2. The third-order valence-corrected chi connectivity index (χ3v) is 3.74. The van der Waals surface area contributed by atoms with Crippen molar-refractivity contribution >= 4 is 15.8 Å². The minimum Gasteiger partial charge on any atom is -0.378 e. The molecule has 0 atom stereocenters. The number of hydrogen-bond donors (Lipinski definition) is 1. The quantitative estimate of drug-likeness (QED) is 0.876. The first-order valence-electron chi connectivity index (χ1n) is 5.73. The zero-order chi connectivity index (χ0) is 14.0. The Morgan fingerprint density at radius 2 is 1.26 bits per heavy atom. The van der Waals surface area contributed by atoms with E-state index in [4.69, 9.17) is 4.55 Å². The van der Waals surface area contributed by atoms with Crippen LogP contribution in [0.15, 0.2) is 53.4 Å². The highest BCUT2D eigenvalue weighted by molar-refractivity contribution is 7.85. The van der Waals surface area contributed by atoms with E-state index in [-0.39, 0.29) is 4.90 Å². The molecule has 0 aromatic heterocycles. The highest BCUT2D eigenvalue weighted by Crippen LogP contribution is 2.23. The summed E-state index contributed by atoms with van der Waals surface area (Å²) in [6.07, 6.45) is 0. The van der Waals surface area contributed by atoms with Crippen molar-refractivity contribution in [2.45, 2.75) is 4.90 Å². The van der Waals surface area contributed by atoms with Crippen LogP contribution in [0.25, 0.3) is 11.1 Å². The van der Waals surface area contributed by atoms with E-state index in [0.29, 0.717) is 0 Å². The molecule has 19 heavy (non-hydrogen) atoms. The van der Waals surface area contributed by atoms with Crippen LogP contribution in [0.5, 0.6) is 0 Å². The average Bonchev–Trinajstić information content (AvgIpc) is 2.38. The van der Waals surface area contributed by atoms with Crippen LogP contribution >= 0.6 is 0 Å². The molecule has 4 nitrogen and oxygen atoms in total. The topological polar surface area (TPSA) is 57.6 Å². The smallest absolute Gasteiger partial charge is 0.294 e. The molecule has 0 aliphatic heterocycles. The van der Waals surface area contributed by atoms with E-state index in [2.05, 4.69) is 0 Å². The molecule has 0 spiro atoms. The highest BCUT2D eigenvalue weighted by Gasteiger charge is 2.08. The molecule has 0 saturated heterocycles. The first kappa shape index (κ1) is 13.6. The van der Waals surface area contributed by atoms with Crippen molar-refractivity contribution in [1.82, 2.24) is 0 Å². The molecule has 0 saturated carbocycles. The summed E-state index contributed by atoms with van der Waals surface area (Å²) < 4.78 is 30.8. The molecule has 2 rings (SSSR count). The second-order valence-electron chi connectivity index (χ2n) is 4.44. The molecule has 0 unspecified atom stereocenters. The maximum Gasteiger partial charge on any atom is 0.294 e. The van der Waals surface area contributed by atoms with Gasteiger partial charge in [0, 0.05) is 19.8 Å². The van der Waals surface area contributed by atoms with Crippen molar-refractivity contribution in [1.29, 1.82) is 0 Å². The first-order chi connectivity index (χ1) is 8.88. The van der Waals surface area contributed by atoms with Crippen molar-refractivity contribution in [2.24, 2.45) is 0 Å². The lowest BCUT2D eigenvalue weighted by Crippen LogP contribution is -2.07. The zero-order valence-electron chi connectivity index (χ0n) is 10.7. The molecule has 0 fully saturated rings. The molecule has 0 amide bonds. The van der Waals surface area contributed by atoms with Crippen molar-refractivity contribution in [3.63, 3.8) is 0 Å². The van der Waals surface area contributed by atoms with Crippen LogP contribution in [0.1, 0.15) is 0 Å². The van der Waals surface area contributed by atoms with Gasteiger partial charge in [-0.05, 0) is 35.4 Å². The van der Waals surface area contributed by atoms with E-state index < -0.39 is 10.1 Å². The van der Waals surface area contributed by atoms with Gasteiger partial charge in [-0.2, -0.15) is 8.42 Å². The second-order valence-corrected chi connectivity index (χ2v) is 5.86. The molecular weight excluding hydrogens is 262 g/mol. The standard InChI is InChI=1S/C14H15NO3S/c1-15(2)13-7-3-11(4-8-13)12-5-9-14(10-6-12)19(16,17)18/h3-10H,1-2H3,(H,16,17,18). The van der Waals surface area contributed by atoms with Gasteiger partial charge < -0.3 is 4.90 Å². The number of benzene rings is 2. The van der Waals surface area contributed by atoms with E-state index in [1.54, 1.807) is 12.1 Å². The Hall–Kier alpha value is -1.85. The fourth-order valence-corrected chi connectivity index (χ4v) is 2.25. The zero-order valence-corrected chi connectivity index (χ0v) is 11.6. The Bertz CT molecular complexity index is 659. The lowest BCUT2D eigenvalue weighted by atomic mass is 10.1. The molecule has 0 bridgehead atoms. The van der Waals surface area contributed by atoms with Gasteiger partial charge >= 0.3 is 0 Å². The summed E-state index contributed by atoms with van der Waals surface area (Å²) >= 11 is 0. The molecule has 2 aromatic carbocycles. The van der Waals surface area contributed by atoms with Gasteiger partial charge in [0.2, 0.25) is 0 Å². The van der Waals surface area contributed by atoms with Crippen molar-refractivity contribution < 1.29 is 13.0 Å². The average molecular weight is 277 g/mol. The maximum absolute atomic E-state index is 11.0. The van der Waals surface area contributed by atoms with Gasteiger partial charge in [0.15, 0.2) is 0 Å². The van der Waals surface area contributed by atoms with E-state index in [1.807, 2.05) is 43.3 Å². The number of nitrogens with zero attached hydrogens (tertiary/aromatic N) is 1. The van der Waals surface area contributed by atoms with Gasteiger partial charge in [-0.1, -0.05) is 24.3 Å². The molecule has 100 valence electrons. The van der Waals surface area contributed by atoms with E-state index in [1.165, 1.54) is 12.1 Å². The van der Waals surface area contributed by atoms with Gasteiger partial charge in [0.05, 0.1) is 4.90 Å². The van der Waals surface area contributed by atoms with Gasteiger partial charge in [-0.25, -0.2) is 0 Å². The Morgan fingerprint density at radius 3 is 1.63 bits per heavy atom. The summed E-state index contributed by atoms with van der Waals surface area (Å²) in [7, 11) is -0.190. The minimum atomic E-state index is -4.13. The Balaban J connectivity index is 2.32. The van der Waals surface area contributed by atoms with Crippen molar-refractivity contribution in [3.8, 4) is 11.1 Å². The number of rotatable bonds is 3. The predicted molar refractivity (Wildman–Crippen MR) is 76.0 cm³/mol. The van der Waals surface area contributed by atoms with Crippen LogP contribution in [0.3, 0.4) is 0 Å². The van der Waals surface area contributed by atoms with E-state index in [9.17, 15) is 8.42 Å². The van der Waals surface area contributed by atoms with Gasteiger partial charge in [0.25, 0.3) is 10.1 Å². The molecule has 2 aromatic rings.